The lowest BCUT2D eigenvalue weighted by molar-refractivity contribution is -0.0369. The SMILES string of the molecule is CC(C)(OC(=O)c1cccc2c1C(=O)c1ccccc1C2=O)C1CCNCC1. The van der Waals surface area contributed by atoms with Crippen molar-refractivity contribution < 1.29 is 19.1 Å². The molecule has 28 heavy (non-hydrogen) atoms. The Hall–Kier alpha value is -2.79. The van der Waals surface area contributed by atoms with Crippen molar-refractivity contribution in [1.82, 2.24) is 5.32 Å². The molecule has 1 heterocycles. The lowest BCUT2D eigenvalue weighted by Gasteiger charge is -2.37. The molecule has 0 aromatic heterocycles. The van der Waals surface area contributed by atoms with Gasteiger partial charge in [-0.25, -0.2) is 4.79 Å². The van der Waals surface area contributed by atoms with Crippen molar-refractivity contribution in [2.24, 2.45) is 5.92 Å². The van der Waals surface area contributed by atoms with E-state index >= 15 is 0 Å². The third kappa shape index (κ3) is 3.06. The molecule has 5 nitrogen and oxygen atoms in total. The Kier molecular flexibility index (Phi) is 4.63. The summed E-state index contributed by atoms with van der Waals surface area (Å²) < 4.78 is 5.87. The average Bonchev–Trinajstić information content (AvgIpc) is 2.72. The summed E-state index contributed by atoms with van der Waals surface area (Å²) in [6, 6.07) is 11.5. The summed E-state index contributed by atoms with van der Waals surface area (Å²) in [5, 5.41) is 3.31. The van der Waals surface area contributed by atoms with Crippen LogP contribution < -0.4 is 5.32 Å². The van der Waals surface area contributed by atoms with Gasteiger partial charge in [0.05, 0.1) is 5.56 Å². The van der Waals surface area contributed by atoms with Crippen LogP contribution in [-0.4, -0.2) is 36.2 Å². The molecule has 1 fully saturated rings. The van der Waals surface area contributed by atoms with E-state index in [1.165, 1.54) is 0 Å². The van der Waals surface area contributed by atoms with Gasteiger partial charge in [-0.05, 0) is 45.8 Å². The number of ketones is 2. The van der Waals surface area contributed by atoms with Gasteiger partial charge in [0.1, 0.15) is 5.60 Å². The molecule has 0 atom stereocenters. The zero-order valence-electron chi connectivity index (χ0n) is 16.1. The van der Waals surface area contributed by atoms with Crippen LogP contribution in [-0.2, 0) is 4.74 Å². The summed E-state index contributed by atoms with van der Waals surface area (Å²) in [4.78, 5) is 39.0. The van der Waals surface area contributed by atoms with Crippen LogP contribution >= 0.6 is 0 Å². The van der Waals surface area contributed by atoms with Crippen molar-refractivity contribution in [3.05, 3.63) is 70.3 Å². The number of ether oxygens (including phenoxy) is 1. The van der Waals surface area contributed by atoms with Crippen LogP contribution in [0.1, 0.15) is 68.9 Å². The number of rotatable bonds is 3. The molecule has 0 amide bonds. The summed E-state index contributed by atoms with van der Waals surface area (Å²) in [6.45, 7) is 5.63. The molecular weight excluding hydrogens is 354 g/mol. The molecule has 2 aliphatic rings. The van der Waals surface area contributed by atoms with Crippen LogP contribution in [0.15, 0.2) is 42.5 Å². The van der Waals surface area contributed by atoms with E-state index in [9.17, 15) is 14.4 Å². The topological polar surface area (TPSA) is 72.5 Å². The van der Waals surface area contributed by atoms with Crippen LogP contribution in [0.5, 0.6) is 0 Å². The maximum absolute atomic E-state index is 13.1. The number of carbonyl (C=O) groups excluding carboxylic acids is 3. The molecule has 144 valence electrons. The highest BCUT2D eigenvalue weighted by Gasteiger charge is 2.37. The van der Waals surface area contributed by atoms with E-state index in [4.69, 9.17) is 4.74 Å². The number of benzene rings is 2. The van der Waals surface area contributed by atoms with Crippen molar-refractivity contribution in [2.45, 2.75) is 32.3 Å². The fraction of sp³-hybridized carbons (Fsp3) is 0.348. The van der Waals surface area contributed by atoms with E-state index in [2.05, 4.69) is 5.32 Å². The fourth-order valence-electron chi connectivity index (χ4n) is 4.21. The molecule has 1 saturated heterocycles. The Morgan fingerprint density at radius 1 is 0.929 bits per heavy atom. The van der Waals surface area contributed by atoms with Crippen LogP contribution in [0.4, 0.5) is 0 Å². The number of fused-ring (bicyclic) bond motifs is 2. The van der Waals surface area contributed by atoms with E-state index in [-0.39, 0.29) is 34.2 Å². The quantitative estimate of drug-likeness (QED) is 0.709. The van der Waals surface area contributed by atoms with Crippen molar-refractivity contribution in [3.63, 3.8) is 0 Å². The molecule has 1 aliphatic carbocycles. The molecule has 5 heteroatoms. The minimum Gasteiger partial charge on any atom is -0.456 e. The summed E-state index contributed by atoms with van der Waals surface area (Å²) >= 11 is 0. The zero-order valence-corrected chi connectivity index (χ0v) is 16.1. The first kappa shape index (κ1) is 18.6. The first-order valence-corrected chi connectivity index (χ1v) is 9.65. The molecule has 2 aromatic rings. The van der Waals surface area contributed by atoms with Gasteiger partial charge in [-0.3, -0.25) is 9.59 Å². The van der Waals surface area contributed by atoms with E-state index in [1.54, 1.807) is 42.5 Å². The molecular formula is C23H23NO4. The monoisotopic (exact) mass is 377 g/mol. The second kappa shape index (κ2) is 6.99. The molecule has 1 aliphatic heterocycles. The van der Waals surface area contributed by atoms with Gasteiger partial charge in [0.2, 0.25) is 0 Å². The highest BCUT2D eigenvalue weighted by atomic mass is 16.6. The minimum atomic E-state index is -0.651. The second-order valence-electron chi connectivity index (χ2n) is 7.95. The van der Waals surface area contributed by atoms with Gasteiger partial charge in [-0.1, -0.05) is 36.4 Å². The third-order valence-corrected chi connectivity index (χ3v) is 5.85. The number of carbonyl (C=O) groups is 3. The van der Waals surface area contributed by atoms with Crippen molar-refractivity contribution >= 4 is 17.5 Å². The maximum Gasteiger partial charge on any atom is 0.339 e. The van der Waals surface area contributed by atoms with Crippen molar-refractivity contribution in [1.29, 1.82) is 0 Å². The summed E-state index contributed by atoms with van der Waals surface area (Å²) in [6.07, 6.45) is 1.86. The van der Waals surface area contributed by atoms with Crippen LogP contribution in [0.2, 0.25) is 0 Å². The largest absolute Gasteiger partial charge is 0.456 e. The number of nitrogens with one attached hydrogen (secondary N) is 1. The molecule has 0 radical (unpaired) electrons. The third-order valence-electron chi connectivity index (χ3n) is 5.85. The minimum absolute atomic E-state index is 0.150. The van der Waals surface area contributed by atoms with Crippen molar-refractivity contribution in [3.8, 4) is 0 Å². The fourth-order valence-corrected chi connectivity index (χ4v) is 4.21. The summed E-state index contributed by atoms with van der Waals surface area (Å²) in [7, 11) is 0. The van der Waals surface area contributed by atoms with E-state index in [1.807, 2.05) is 13.8 Å². The smallest absolute Gasteiger partial charge is 0.339 e. The first-order chi connectivity index (χ1) is 13.4. The van der Waals surface area contributed by atoms with Gasteiger partial charge in [-0.15, -0.1) is 0 Å². The normalized spacial score (nSPS) is 17.1. The molecule has 0 spiro atoms. The van der Waals surface area contributed by atoms with Gasteiger partial charge < -0.3 is 10.1 Å². The number of hydrogen-bond acceptors (Lipinski definition) is 5. The van der Waals surface area contributed by atoms with E-state index in [0.29, 0.717) is 11.1 Å². The van der Waals surface area contributed by atoms with Gasteiger partial charge in [0, 0.05) is 28.2 Å². The molecule has 1 N–H and O–H groups in total. The van der Waals surface area contributed by atoms with Crippen LogP contribution in [0.25, 0.3) is 0 Å². The molecule has 4 rings (SSSR count). The standard InChI is InChI=1S/C23H23NO4/c1-23(2,14-10-12-24-13-11-14)28-22(27)18-9-5-8-17-19(18)21(26)16-7-4-3-6-15(16)20(17)25/h3-9,14,24H,10-13H2,1-2H3. The molecule has 0 saturated carbocycles. The Morgan fingerprint density at radius 3 is 2.21 bits per heavy atom. The predicted molar refractivity (Wildman–Crippen MR) is 105 cm³/mol. The highest BCUT2D eigenvalue weighted by Crippen LogP contribution is 2.33. The van der Waals surface area contributed by atoms with Gasteiger partial charge in [-0.2, -0.15) is 0 Å². The first-order valence-electron chi connectivity index (χ1n) is 9.65. The van der Waals surface area contributed by atoms with Gasteiger partial charge >= 0.3 is 5.97 Å². The Morgan fingerprint density at radius 2 is 1.54 bits per heavy atom. The lowest BCUT2D eigenvalue weighted by Crippen LogP contribution is -2.43. The highest BCUT2D eigenvalue weighted by molar-refractivity contribution is 6.30. The Bertz CT molecular complexity index is 970. The van der Waals surface area contributed by atoms with E-state index < -0.39 is 11.6 Å². The lowest BCUT2D eigenvalue weighted by atomic mass is 9.81. The number of esters is 1. The van der Waals surface area contributed by atoms with E-state index in [0.717, 1.165) is 25.9 Å². The molecule has 2 aromatic carbocycles. The Balaban J connectivity index is 1.69. The van der Waals surface area contributed by atoms with Gasteiger partial charge in [0.25, 0.3) is 0 Å². The van der Waals surface area contributed by atoms with Crippen LogP contribution in [0, 0.1) is 5.92 Å². The van der Waals surface area contributed by atoms with Crippen molar-refractivity contribution in [2.75, 3.05) is 13.1 Å². The molecule has 0 unspecified atom stereocenters. The summed E-state index contributed by atoms with van der Waals surface area (Å²) in [5.74, 6) is -0.855. The average molecular weight is 377 g/mol. The maximum atomic E-state index is 13.1. The number of hydrogen-bond donors (Lipinski definition) is 1. The summed E-state index contributed by atoms with van der Waals surface area (Å²) in [5.41, 5.74) is 0.627. The van der Waals surface area contributed by atoms with Gasteiger partial charge in [0.15, 0.2) is 11.6 Å². The Labute approximate surface area is 164 Å². The second-order valence-corrected chi connectivity index (χ2v) is 7.95. The predicted octanol–water partition coefficient (Wildman–Crippen LogP) is 3.40. The molecule has 0 bridgehead atoms. The number of piperidine rings is 1. The van der Waals surface area contributed by atoms with Crippen LogP contribution in [0.3, 0.4) is 0 Å². The zero-order chi connectivity index (χ0) is 19.9.